The van der Waals surface area contributed by atoms with Gasteiger partial charge in [-0.2, -0.15) is 0 Å². The van der Waals surface area contributed by atoms with E-state index in [1.54, 1.807) is 12.4 Å². The number of fused-ring (bicyclic) bond motifs is 3. The fraction of sp³-hybridized carbons (Fsp3) is 0.0727. The van der Waals surface area contributed by atoms with E-state index in [1.165, 1.54) is 38.2 Å². The number of para-hydroxylation sites is 1. The van der Waals surface area contributed by atoms with Gasteiger partial charge in [-0.25, -0.2) is 15.0 Å². The molecule has 0 N–H and O–H groups in total. The number of nitrogens with zero attached hydrogens (tertiary/aromatic N) is 6. The molecule has 2 aromatic heterocycles. The SMILES string of the molecule is C=CC1=C(N=C)N(c2ccccc2)c2ccc(-c3c4ccccc4c(-c4ccc(C(=C)N=C(N=C(C)c5ccccn5)c5ccccn5)cc4)c4ccccc34)cc2C1(C)C. The molecule has 0 spiro atoms. The summed E-state index contributed by atoms with van der Waals surface area (Å²) in [6.45, 7) is 19.1. The summed E-state index contributed by atoms with van der Waals surface area (Å²) in [5.74, 6) is 1.27. The van der Waals surface area contributed by atoms with Crippen molar-refractivity contribution in [1.29, 1.82) is 0 Å². The van der Waals surface area contributed by atoms with Gasteiger partial charge in [-0.3, -0.25) is 14.9 Å². The zero-order valence-electron chi connectivity index (χ0n) is 34.5. The molecule has 8 aromatic rings. The average molecular weight is 789 g/mol. The van der Waals surface area contributed by atoms with E-state index in [0.29, 0.717) is 17.2 Å². The molecule has 9 rings (SSSR count). The first kappa shape index (κ1) is 38.7. The molecule has 6 heteroatoms. The molecule has 0 amide bonds. The van der Waals surface area contributed by atoms with E-state index in [1.807, 2.05) is 55.5 Å². The van der Waals surface area contributed by atoms with Crippen molar-refractivity contribution in [2.75, 3.05) is 4.90 Å². The number of pyridine rings is 2. The smallest absolute Gasteiger partial charge is 0.178 e. The van der Waals surface area contributed by atoms with Gasteiger partial charge in [0.15, 0.2) is 5.84 Å². The van der Waals surface area contributed by atoms with Crippen molar-refractivity contribution in [2.45, 2.75) is 26.2 Å². The van der Waals surface area contributed by atoms with Crippen LogP contribution in [-0.4, -0.2) is 28.2 Å². The Morgan fingerprint density at radius 2 is 1.16 bits per heavy atom. The fourth-order valence-electron chi connectivity index (χ4n) is 8.59. The number of hydrogen-bond acceptors (Lipinski definition) is 5. The lowest BCUT2D eigenvalue weighted by atomic mass is 9.73. The van der Waals surface area contributed by atoms with Crippen molar-refractivity contribution in [3.63, 3.8) is 0 Å². The van der Waals surface area contributed by atoms with E-state index in [-0.39, 0.29) is 5.41 Å². The minimum absolute atomic E-state index is 0.390. The van der Waals surface area contributed by atoms with Crippen LogP contribution in [-0.2, 0) is 5.41 Å². The molecule has 61 heavy (non-hydrogen) atoms. The van der Waals surface area contributed by atoms with Gasteiger partial charge in [-0.05, 0) is 117 Å². The Morgan fingerprint density at radius 3 is 1.72 bits per heavy atom. The topological polar surface area (TPSA) is 66.1 Å². The van der Waals surface area contributed by atoms with E-state index in [9.17, 15) is 0 Å². The average Bonchev–Trinajstić information content (AvgIpc) is 3.31. The highest BCUT2D eigenvalue weighted by Gasteiger charge is 2.38. The number of amidine groups is 1. The molecule has 0 atom stereocenters. The first-order valence-corrected chi connectivity index (χ1v) is 20.3. The van der Waals surface area contributed by atoms with Crippen molar-refractivity contribution in [3.05, 3.63) is 223 Å². The number of rotatable bonds is 9. The Kier molecular flexibility index (Phi) is 10.2. The second-order valence-electron chi connectivity index (χ2n) is 15.6. The maximum atomic E-state index is 4.94. The monoisotopic (exact) mass is 788 g/mol. The quantitative estimate of drug-likeness (QED) is 0.0831. The van der Waals surface area contributed by atoms with Gasteiger partial charge in [0, 0.05) is 29.1 Å². The van der Waals surface area contributed by atoms with Crippen molar-refractivity contribution < 1.29 is 0 Å². The molecule has 0 unspecified atom stereocenters. The zero-order valence-corrected chi connectivity index (χ0v) is 34.5. The molecular formula is C55H44N6. The van der Waals surface area contributed by atoms with Crippen LogP contribution in [0.3, 0.4) is 0 Å². The Balaban J connectivity index is 1.15. The zero-order chi connectivity index (χ0) is 42.1. The van der Waals surface area contributed by atoms with Gasteiger partial charge in [0.25, 0.3) is 0 Å². The summed E-state index contributed by atoms with van der Waals surface area (Å²) in [4.78, 5) is 25.6. The van der Waals surface area contributed by atoms with Crippen LogP contribution in [0, 0.1) is 0 Å². The number of aliphatic imine (C=N–C) groups is 3. The summed E-state index contributed by atoms with van der Waals surface area (Å²) in [5.41, 5.74) is 12.2. The largest absolute Gasteiger partial charge is 0.295 e. The van der Waals surface area contributed by atoms with Gasteiger partial charge >= 0.3 is 0 Å². The molecule has 0 radical (unpaired) electrons. The molecule has 0 saturated heterocycles. The molecule has 0 saturated carbocycles. The van der Waals surface area contributed by atoms with Gasteiger partial charge in [0.05, 0.1) is 22.8 Å². The summed E-state index contributed by atoms with van der Waals surface area (Å²) >= 11 is 0. The van der Waals surface area contributed by atoms with Crippen LogP contribution in [0.15, 0.2) is 216 Å². The highest BCUT2D eigenvalue weighted by Crippen LogP contribution is 2.51. The number of aromatic nitrogens is 2. The lowest BCUT2D eigenvalue weighted by Gasteiger charge is -2.41. The molecule has 294 valence electrons. The minimum Gasteiger partial charge on any atom is -0.295 e. The lowest BCUT2D eigenvalue weighted by molar-refractivity contribution is 0.616. The van der Waals surface area contributed by atoms with E-state index >= 15 is 0 Å². The molecule has 6 nitrogen and oxygen atoms in total. The molecule has 0 aliphatic carbocycles. The van der Waals surface area contributed by atoms with E-state index < -0.39 is 0 Å². The van der Waals surface area contributed by atoms with Gasteiger partial charge in [-0.15, -0.1) is 0 Å². The summed E-state index contributed by atoms with van der Waals surface area (Å²) in [6, 6.07) is 54.7. The first-order valence-electron chi connectivity index (χ1n) is 20.3. The maximum Gasteiger partial charge on any atom is 0.178 e. The molecular weight excluding hydrogens is 745 g/mol. The van der Waals surface area contributed by atoms with E-state index in [0.717, 1.165) is 50.9 Å². The van der Waals surface area contributed by atoms with Gasteiger partial charge in [-0.1, -0.05) is 142 Å². The molecule has 1 aliphatic rings. The third-order valence-electron chi connectivity index (χ3n) is 11.6. The summed E-state index contributed by atoms with van der Waals surface area (Å²) < 4.78 is 0. The number of allylic oxidation sites excluding steroid dienone is 2. The van der Waals surface area contributed by atoms with Crippen LogP contribution in [0.4, 0.5) is 11.4 Å². The van der Waals surface area contributed by atoms with Crippen LogP contribution in [0.5, 0.6) is 0 Å². The molecule has 3 heterocycles. The third kappa shape index (κ3) is 6.98. The van der Waals surface area contributed by atoms with Crippen LogP contribution >= 0.6 is 0 Å². The van der Waals surface area contributed by atoms with Crippen molar-refractivity contribution >= 4 is 56.9 Å². The van der Waals surface area contributed by atoms with Crippen LogP contribution in [0.1, 0.15) is 43.3 Å². The Bertz CT molecular complexity index is 3030. The lowest BCUT2D eigenvalue weighted by Crippen LogP contribution is -2.33. The molecule has 0 fully saturated rings. The maximum absolute atomic E-state index is 4.94. The summed E-state index contributed by atoms with van der Waals surface area (Å²) in [7, 11) is 0. The Labute approximate surface area is 357 Å². The summed E-state index contributed by atoms with van der Waals surface area (Å²) in [5, 5.41) is 4.70. The van der Waals surface area contributed by atoms with Gasteiger partial charge < -0.3 is 0 Å². The molecule has 0 bridgehead atoms. The summed E-state index contributed by atoms with van der Waals surface area (Å²) in [6.07, 6.45) is 5.43. The number of hydrogen-bond donors (Lipinski definition) is 0. The van der Waals surface area contributed by atoms with Gasteiger partial charge in [0.1, 0.15) is 11.5 Å². The van der Waals surface area contributed by atoms with Crippen molar-refractivity contribution in [2.24, 2.45) is 15.0 Å². The third-order valence-corrected chi connectivity index (χ3v) is 11.6. The minimum atomic E-state index is -0.390. The molecule has 6 aromatic carbocycles. The highest BCUT2D eigenvalue weighted by molar-refractivity contribution is 6.21. The second-order valence-corrected chi connectivity index (χ2v) is 15.6. The predicted molar refractivity (Wildman–Crippen MR) is 257 cm³/mol. The van der Waals surface area contributed by atoms with Crippen LogP contribution in [0.25, 0.3) is 49.5 Å². The van der Waals surface area contributed by atoms with Crippen molar-refractivity contribution in [3.8, 4) is 22.3 Å². The van der Waals surface area contributed by atoms with Crippen LogP contribution < -0.4 is 4.90 Å². The predicted octanol–water partition coefficient (Wildman–Crippen LogP) is 13.6. The van der Waals surface area contributed by atoms with Crippen molar-refractivity contribution in [1.82, 2.24) is 9.97 Å². The normalized spacial score (nSPS) is 13.9. The molecule has 1 aliphatic heterocycles. The van der Waals surface area contributed by atoms with E-state index in [2.05, 4.69) is 169 Å². The standard InChI is InChI=1S/C55H44N6/c1-7-46-54(56-6)61(41-19-9-8-10-20-41)50-32-31-40(35-47(50)55(46,4)5)52-44-23-13-11-21-42(44)51(43-22-12-14-24-45(43)52)39-29-27-38(28-30-39)36(2)59-53(49-26-16-18-34-58-49)60-37(3)48-25-15-17-33-57-48/h7-35H,1-2,6H2,3-5H3. The van der Waals surface area contributed by atoms with E-state index in [4.69, 9.17) is 9.98 Å². The number of anilines is 2. The number of benzene rings is 6. The Morgan fingerprint density at radius 1 is 0.623 bits per heavy atom. The van der Waals surface area contributed by atoms with Gasteiger partial charge in [0.2, 0.25) is 0 Å². The highest BCUT2D eigenvalue weighted by atomic mass is 15.2. The second kappa shape index (κ2) is 16.1. The van der Waals surface area contributed by atoms with Crippen LogP contribution in [0.2, 0.25) is 0 Å². The first-order chi connectivity index (χ1) is 29.8. The fourth-order valence-corrected chi connectivity index (χ4v) is 8.59. The Hall–Kier alpha value is -7.83.